The van der Waals surface area contributed by atoms with Crippen LogP contribution in [-0.4, -0.2) is 11.5 Å². The van der Waals surface area contributed by atoms with Crippen LogP contribution in [0.3, 0.4) is 0 Å². The van der Waals surface area contributed by atoms with Crippen LogP contribution in [0.1, 0.15) is 24.7 Å². The van der Waals surface area contributed by atoms with Crippen molar-refractivity contribution in [1.29, 1.82) is 0 Å². The van der Waals surface area contributed by atoms with Gasteiger partial charge in [-0.3, -0.25) is 4.98 Å². The molecule has 0 fully saturated rings. The molecule has 74 valence electrons. The van der Waals surface area contributed by atoms with Gasteiger partial charge in [-0.2, -0.15) is 0 Å². The van der Waals surface area contributed by atoms with E-state index in [1.165, 1.54) is 0 Å². The lowest BCUT2D eigenvalue weighted by atomic mass is 10.3. The number of aryl methyl sites for hydroxylation is 1. The minimum Gasteiger partial charge on any atom is -0.310 e. The van der Waals surface area contributed by atoms with E-state index in [2.05, 4.69) is 22.1 Å². The van der Waals surface area contributed by atoms with Crippen molar-refractivity contribution in [3.05, 3.63) is 29.6 Å². The molecule has 0 aliphatic heterocycles. The van der Waals surface area contributed by atoms with Crippen LogP contribution in [0.5, 0.6) is 0 Å². The second kappa shape index (κ2) is 6.17. The molecule has 1 aromatic rings. The zero-order valence-electron chi connectivity index (χ0n) is 8.80. The third-order valence-corrected chi connectivity index (χ3v) is 1.86. The molecular formula is C12H16N2. The van der Waals surface area contributed by atoms with Crippen molar-refractivity contribution in [3.63, 3.8) is 0 Å². The Labute approximate surface area is 85.8 Å². The predicted octanol–water partition coefficient (Wildman–Crippen LogP) is 1.89. The maximum atomic E-state index is 4.39. The van der Waals surface area contributed by atoms with Gasteiger partial charge >= 0.3 is 0 Å². The first-order chi connectivity index (χ1) is 6.83. The summed E-state index contributed by atoms with van der Waals surface area (Å²) in [5.74, 6) is 5.88. The normalized spacial score (nSPS) is 9.29. The van der Waals surface area contributed by atoms with Crippen molar-refractivity contribution in [2.45, 2.75) is 26.8 Å². The molecule has 0 saturated carbocycles. The molecule has 0 atom stereocenters. The van der Waals surface area contributed by atoms with Gasteiger partial charge in [-0.1, -0.05) is 6.07 Å². The summed E-state index contributed by atoms with van der Waals surface area (Å²) in [7, 11) is 0. The van der Waals surface area contributed by atoms with Gasteiger partial charge in [0.25, 0.3) is 0 Å². The average molecular weight is 188 g/mol. The number of hydrogen-bond acceptors (Lipinski definition) is 2. The molecule has 1 N–H and O–H groups in total. The van der Waals surface area contributed by atoms with Gasteiger partial charge in [0, 0.05) is 25.2 Å². The lowest BCUT2D eigenvalue weighted by Gasteiger charge is -2.02. The fraction of sp³-hybridized carbons (Fsp3) is 0.417. The summed E-state index contributed by atoms with van der Waals surface area (Å²) in [4.78, 5) is 4.39. The molecule has 14 heavy (non-hydrogen) atoms. The first-order valence-electron chi connectivity index (χ1n) is 4.86. The molecule has 0 aromatic carbocycles. The standard InChI is InChI=1S/C12H16N2/c1-3-4-5-9-13-10-12-8-6-7-11(2)14-12/h6-8,13H,5,9-10H2,1-2H3. The Bertz CT molecular complexity index is 334. The summed E-state index contributed by atoms with van der Waals surface area (Å²) in [5.41, 5.74) is 2.16. The zero-order chi connectivity index (χ0) is 10.2. The largest absolute Gasteiger partial charge is 0.310 e. The van der Waals surface area contributed by atoms with Crippen LogP contribution in [0.15, 0.2) is 18.2 Å². The lowest BCUT2D eigenvalue weighted by molar-refractivity contribution is 0.686. The molecule has 1 aromatic heterocycles. The summed E-state index contributed by atoms with van der Waals surface area (Å²) in [6, 6.07) is 6.07. The quantitative estimate of drug-likeness (QED) is 0.576. The fourth-order valence-corrected chi connectivity index (χ4v) is 1.19. The second-order valence-corrected chi connectivity index (χ2v) is 3.12. The van der Waals surface area contributed by atoms with Crippen molar-refractivity contribution in [3.8, 4) is 11.8 Å². The molecule has 2 nitrogen and oxygen atoms in total. The highest BCUT2D eigenvalue weighted by molar-refractivity contribution is 5.09. The maximum absolute atomic E-state index is 4.39. The second-order valence-electron chi connectivity index (χ2n) is 3.12. The van der Waals surface area contributed by atoms with E-state index in [1.54, 1.807) is 0 Å². The topological polar surface area (TPSA) is 24.9 Å². The zero-order valence-corrected chi connectivity index (χ0v) is 8.80. The van der Waals surface area contributed by atoms with Crippen molar-refractivity contribution >= 4 is 0 Å². The van der Waals surface area contributed by atoms with Crippen molar-refractivity contribution in [2.24, 2.45) is 0 Å². The molecule has 0 amide bonds. The van der Waals surface area contributed by atoms with E-state index in [4.69, 9.17) is 0 Å². The summed E-state index contributed by atoms with van der Waals surface area (Å²) in [6.45, 7) is 5.62. The van der Waals surface area contributed by atoms with Crippen LogP contribution in [-0.2, 0) is 6.54 Å². The number of aromatic nitrogens is 1. The minimum atomic E-state index is 0.826. The Balaban J connectivity index is 2.27. The van der Waals surface area contributed by atoms with E-state index in [0.717, 1.165) is 30.9 Å². The van der Waals surface area contributed by atoms with Crippen molar-refractivity contribution in [2.75, 3.05) is 6.54 Å². The fourth-order valence-electron chi connectivity index (χ4n) is 1.19. The van der Waals surface area contributed by atoms with Gasteiger partial charge in [0.2, 0.25) is 0 Å². The number of nitrogens with one attached hydrogen (secondary N) is 1. The maximum Gasteiger partial charge on any atom is 0.0544 e. The summed E-state index contributed by atoms with van der Waals surface area (Å²) in [5, 5.41) is 3.30. The van der Waals surface area contributed by atoms with Crippen molar-refractivity contribution in [1.82, 2.24) is 10.3 Å². The Hall–Kier alpha value is -1.33. The molecule has 1 rings (SSSR count). The molecule has 0 saturated heterocycles. The number of nitrogens with zero attached hydrogens (tertiary/aromatic N) is 1. The molecule has 0 radical (unpaired) electrons. The van der Waals surface area contributed by atoms with E-state index < -0.39 is 0 Å². The Kier molecular flexibility index (Phi) is 4.74. The van der Waals surface area contributed by atoms with E-state index in [1.807, 2.05) is 32.0 Å². The highest BCUT2D eigenvalue weighted by Gasteiger charge is 1.92. The van der Waals surface area contributed by atoms with Gasteiger partial charge in [-0.15, -0.1) is 11.8 Å². The molecule has 0 bridgehead atoms. The molecule has 0 spiro atoms. The third kappa shape index (κ3) is 4.06. The van der Waals surface area contributed by atoms with Crippen LogP contribution >= 0.6 is 0 Å². The molecule has 1 heterocycles. The number of rotatable bonds is 4. The van der Waals surface area contributed by atoms with E-state index in [0.29, 0.717) is 0 Å². The number of pyridine rings is 1. The molecule has 0 unspecified atom stereocenters. The Morgan fingerprint density at radius 2 is 2.29 bits per heavy atom. The molecule has 2 heteroatoms. The van der Waals surface area contributed by atoms with Gasteiger partial charge in [0.15, 0.2) is 0 Å². The van der Waals surface area contributed by atoms with Crippen LogP contribution in [0.4, 0.5) is 0 Å². The van der Waals surface area contributed by atoms with E-state index in [-0.39, 0.29) is 0 Å². The predicted molar refractivity (Wildman–Crippen MR) is 58.7 cm³/mol. The highest BCUT2D eigenvalue weighted by atomic mass is 14.9. The van der Waals surface area contributed by atoms with E-state index >= 15 is 0 Å². The van der Waals surface area contributed by atoms with Crippen LogP contribution in [0.25, 0.3) is 0 Å². The average Bonchev–Trinajstić information content (AvgIpc) is 2.18. The summed E-state index contributed by atoms with van der Waals surface area (Å²) in [6.07, 6.45) is 0.905. The molecule has 0 aliphatic rings. The summed E-state index contributed by atoms with van der Waals surface area (Å²) < 4.78 is 0. The first-order valence-corrected chi connectivity index (χ1v) is 4.86. The first kappa shape index (κ1) is 10.7. The summed E-state index contributed by atoms with van der Waals surface area (Å²) >= 11 is 0. The van der Waals surface area contributed by atoms with Crippen molar-refractivity contribution < 1.29 is 0 Å². The van der Waals surface area contributed by atoms with Gasteiger partial charge in [0.05, 0.1) is 5.69 Å². The highest BCUT2D eigenvalue weighted by Crippen LogP contribution is 1.96. The molecule has 0 aliphatic carbocycles. The van der Waals surface area contributed by atoms with Crippen LogP contribution in [0.2, 0.25) is 0 Å². The van der Waals surface area contributed by atoms with Gasteiger partial charge in [-0.05, 0) is 26.0 Å². The smallest absolute Gasteiger partial charge is 0.0544 e. The van der Waals surface area contributed by atoms with Gasteiger partial charge in [-0.25, -0.2) is 0 Å². The third-order valence-electron chi connectivity index (χ3n) is 1.86. The minimum absolute atomic E-state index is 0.826. The van der Waals surface area contributed by atoms with E-state index in [9.17, 15) is 0 Å². The van der Waals surface area contributed by atoms with Crippen LogP contribution < -0.4 is 5.32 Å². The Morgan fingerprint density at radius 3 is 3.00 bits per heavy atom. The lowest BCUT2D eigenvalue weighted by Crippen LogP contribution is -2.15. The van der Waals surface area contributed by atoms with Gasteiger partial charge in [0.1, 0.15) is 0 Å². The SMILES string of the molecule is CC#CCCNCc1cccc(C)n1. The Morgan fingerprint density at radius 1 is 1.43 bits per heavy atom. The van der Waals surface area contributed by atoms with Gasteiger partial charge < -0.3 is 5.32 Å². The molecular weight excluding hydrogens is 172 g/mol. The monoisotopic (exact) mass is 188 g/mol. The van der Waals surface area contributed by atoms with Crippen LogP contribution in [0, 0.1) is 18.8 Å². The number of hydrogen-bond donors (Lipinski definition) is 1.